The SMILES string of the molecule is CN(C(=O)c1ccc(-c2nc3ccccc3o2)cc1)[C@@H]1CC[C@H](C(=O)NC(C)(C)CO)C1. The molecule has 0 spiro atoms. The fourth-order valence-electron chi connectivity index (χ4n) is 4.14. The molecule has 1 aromatic heterocycles. The summed E-state index contributed by atoms with van der Waals surface area (Å²) in [5, 5.41) is 12.3. The summed E-state index contributed by atoms with van der Waals surface area (Å²) in [6.07, 6.45) is 2.13. The molecule has 32 heavy (non-hydrogen) atoms. The lowest BCUT2D eigenvalue weighted by Gasteiger charge is -2.27. The molecule has 1 saturated carbocycles. The largest absolute Gasteiger partial charge is 0.436 e. The van der Waals surface area contributed by atoms with Crippen molar-refractivity contribution in [3.63, 3.8) is 0 Å². The summed E-state index contributed by atoms with van der Waals surface area (Å²) in [6, 6.07) is 14.8. The van der Waals surface area contributed by atoms with Gasteiger partial charge in [-0.1, -0.05) is 12.1 Å². The first-order valence-electron chi connectivity index (χ1n) is 10.9. The summed E-state index contributed by atoms with van der Waals surface area (Å²) >= 11 is 0. The molecular weight excluding hydrogens is 406 g/mol. The van der Waals surface area contributed by atoms with Crippen molar-refractivity contribution in [3.05, 3.63) is 54.1 Å². The number of fused-ring (bicyclic) bond motifs is 1. The van der Waals surface area contributed by atoms with Gasteiger partial charge >= 0.3 is 0 Å². The summed E-state index contributed by atoms with van der Waals surface area (Å²) < 4.78 is 5.80. The third-order valence-electron chi connectivity index (χ3n) is 6.17. The number of carbonyl (C=O) groups is 2. The zero-order valence-corrected chi connectivity index (χ0v) is 18.7. The van der Waals surface area contributed by atoms with Gasteiger partial charge in [0.25, 0.3) is 5.91 Å². The maximum atomic E-state index is 13.0. The zero-order valence-electron chi connectivity index (χ0n) is 18.7. The van der Waals surface area contributed by atoms with Crippen LogP contribution in [0.25, 0.3) is 22.6 Å². The van der Waals surface area contributed by atoms with Gasteiger partial charge in [0.1, 0.15) is 5.52 Å². The minimum atomic E-state index is -0.646. The van der Waals surface area contributed by atoms with E-state index in [0.29, 0.717) is 17.9 Å². The molecule has 7 nitrogen and oxygen atoms in total. The highest BCUT2D eigenvalue weighted by Gasteiger charge is 2.35. The number of amides is 2. The zero-order chi connectivity index (χ0) is 22.9. The Hall–Kier alpha value is -3.19. The second-order valence-electron chi connectivity index (χ2n) is 9.18. The second kappa shape index (κ2) is 8.74. The number of oxazole rings is 1. The van der Waals surface area contributed by atoms with Crippen molar-refractivity contribution in [3.8, 4) is 11.5 Å². The molecule has 1 aliphatic rings. The lowest BCUT2D eigenvalue weighted by molar-refractivity contribution is -0.127. The van der Waals surface area contributed by atoms with Gasteiger partial charge in [0.15, 0.2) is 5.58 Å². The Morgan fingerprint density at radius 1 is 1.16 bits per heavy atom. The predicted molar refractivity (Wildman–Crippen MR) is 122 cm³/mol. The summed E-state index contributed by atoms with van der Waals surface area (Å²) in [4.78, 5) is 31.8. The lowest BCUT2D eigenvalue weighted by Crippen LogP contribution is -2.48. The van der Waals surface area contributed by atoms with Crippen molar-refractivity contribution in [2.45, 2.75) is 44.7 Å². The van der Waals surface area contributed by atoms with Gasteiger partial charge in [-0.25, -0.2) is 4.98 Å². The van der Waals surface area contributed by atoms with Crippen LogP contribution in [0.2, 0.25) is 0 Å². The number of aliphatic hydroxyl groups is 1. The second-order valence-corrected chi connectivity index (χ2v) is 9.18. The Labute approximate surface area is 187 Å². The monoisotopic (exact) mass is 435 g/mol. The molecule has 2 N–H and O–H groups in total. The molecule has 2 aromatic carbocycles. The number of nitrogens with one attached hydrogen (secondary N) is 1. The Bertz CT molecular complexity index is 1090. The molecule has 2 atom stereocenters. The highest BCUT2D eigenvalue weighted by Crippen LogP contribution is 2.31. The molecule has 0 aliphatic heterocycles. The van der Waals surface area contributed by atoms with E-state index >= 15 is 0 Å². The van der Waals surface area contributed by atoms with Gasteiger partial charge in [-0.2, -0.15) is 0 Å². The highest BCUT2D eigenvalue weighted by molar-refractivity contribution is 5.95. The van der Waals surface area contributed by atoms with E-state index in [2.05, 4.69) is 10.3 Å². The molecule has 0 unspecified atom stereocenters. The number of nitrogens with zero attached hydrogens (tertiary/aromatic N) is 2. The smallest absolute Gasteiger partial charge is 0.253 e. The van der Waals surface area contributed by atoms with Gasteiger partial charge in [-0.15, -0.1) is 0 Å². The lowest BCUT2D eigenvalue weighted by atomic mass is 10.0. The minimum Gasteiger partial charge on any atom is -0.436 e. The molecule has 0 radical (unpaired) electrons. The Balaban J connectivity index is 1.40. The van der Waals surface area contributed by atoms with Crippen LogP contribution in [0.4, 0.5) is 0 Å². The van der Waals surface area contributed by atoms with E-state index in [1.165, 1.54) is 0 Å². The molecule has 0 saturated heterocycles. The number of hydrogen-bond acceptors (Lipinski definition) is 5. The van der Waals surface area contributed by atoms with Crippen molar-refractivity contribution in [1.29, 1.82) is 0 Å². The third kappa shape index (κ3) is 4.53. The number of aromatic nitrogens is 1. The van der Waals surface area contributed by atoms with Crippen molar-refractivity contribution >= 4 is 22.9 Å². The summed E-state index contributed by atoms with van der Waals surface area (Å²) in [5.41, 5.74) is 2.27. The van der Waals surface area contributed by atoms with Gasteiger partial charge in [0.2, 0.25) is 11.8 Å². The van der Waals surface area contributed by atoms with E-state index in [0.717, 1.165) is 29.5 Å². The van der Waals surface area contributed by atoms with E-state index in [1.54, 1.807) is 37.9 Å². The molecule has 1 fully saturated rings. The third-order valence-corrected chi connectivity index (χ3v) is 6.17. The van der Waals surface area contributed by atoms with Gasteiger partial charge in [-0.3, -0.25) is 9.59 Å². The van der Waals surface area contributed by atoms with E-state index in [9.17, 15) is 14.7 Å². The van der Waals surface area contributed by atoms with E-state index in [1.807, 2.05) is 36.4 Å². The van der Waals surface area contributed by atoms with Crippen LogP contribution in [0.5, 0.6) is 0 Å². The first-order valence-corrected chi connectivity index (χ1v) is 10.9. The summed E-state index contributed by atoms with van der Waals surface area (Å²) in [5.74, 6) is 0.238. The van der Waals surface area contributed by atoms with Crippen LogP contribution in [0.1, 0.15) is 43.5 Å². The molecule has 7 heteroatoms. The molecule has 3 aromatic rings. The quantitative estimate of drug-likeness (QED) is 0.617. The van der Waals surface area contributed by atoms with E-state index < -0.39 is 5.54 Å². The predicted octanol–water partition coefficient (Wildman–Crippen LogP) is 3.62. The summed E-state index contributed by atoms with van der Waals surface area (Å²) in [6.45, 7) is 3.46. The highest BCUT2D eigenvalue weighted by atomic mass is 16.3. The molecule has 1 heterocycles. The number of para-hydroxylation sites is 2. The molecular formula is C25H29N3O4. The van der Waals surface area contributed by atoms with Gasteiger partial charge in [0, 0.05) is 30.1 Å². The molecule has 0 bridgehead atoms. The Morgan fingerprint density at radius 3 is 2.56 bits per heavy atom. The topological polar surface area (TPSA) is 95.7 Å². The van der Waals surface area contributed by atoms with Gasteiger partial charge in [0.05, 0.1) is 12.1 Å². The van der Waals surface area contributed by atoms with Crippen LogP contribution in [0.3, 0.4) is 0 Å². The Kier molecular flexibility index (Phi) is 6.02. The number of hydrogen-bond donors (Lipinski definition) is 2. The first kappa shape index (κ1) is 22.0. The minimum absolute atomic E-state index is 0.00667. The normalized spacial score (nSPS) is 18.6. The maximum Gasteiger partial charge on any atom is 0.253 e. The first-order chi connectivity index (χ1) is 15.3. The average molecular weight is 436 g/mol. The number of carbonyl (C=O) groups excluding carboxylic acids is 2. The van der Waals surface area contributed by atoms with Crippen LogP contribution < -0.4 is 5.32 Å². The van der Waals surface area contributed by atoms with Crippen molar-refractivity contribution < 1.29 is 19.1 Å². The molecule has 168 valence electrons. The van der Waals surface area contributed by atoms with Crippen molar-refractivity contribution in [1.82, 2.24) is 15.2 Å². The molecule has 1 aliphatic carbocycles. The molecule has 2 amide bonds. The van der Waals surface area contributed by atoms with Crippen LogP contribution in [0.15, 0.2) is 52.9 Å². The van der Waals surface area contributed by atoms with Crippen LogP contribution in [0, 0.1) is 5.92 Å². The summed E-state index contributed by atoms with van der Waals surface area (Å²) in [7, 11) is 1.79. The number of rotatable bonds is 6. The van der Waals surface area contributed by atoms with Crippen LogP contribution in [-0.2, 0) is 4.79 Å². The van der Waals surface area contributed by atoms with Crippen LogP contribution in [-0.4, -0.2) is 52.0 Å². The fourth-order valence-corrected chi connectivity index (χ4v) is 4.14. The average Bonchev–Trinajstić information content (AvgIpc) is 3.45. The Morgan fingerprint density at radius 2 is 1.88 bits per heavy atom. The van der Waals surface area contributed by atoms with E-state index in [4.69, 9.17) is 4.42 Å². The standard InChI is InChI=1S/C25H29N3O4/c1-25(2,15-29)27-22(30)18-12-13-19(14-18)28(3)24(31)17-10-8-16(9-11-17)23-26-20-6-4-5-7-21(20)32-23/h4-11,18-19,29H,12-15H2,1-3H3,(H,27,30)/t18-,19+/m0/s1. The van der Waals surface area contributed by atoms with Gasteiger partial charge in [-0.05, 0) is 69.5 Å². The maximum absolute atomic E-state index is 13.0. The number of aliphatic hydroxyl groups excluding tert-OH is 1. The molecule has 4 rings (SSSR count). The van der Waals surface area contributed by atoms with E-state index in [-0.39, 0.29) is 30.4 Å². The van der Waals surface area contributed by atoms with Gasteiger partial charge < -0.3 is 19.7 Å². The van der Waals surface area contributed by atoms with Crippen LogP contribution >= 0.6 is 0 Å². The fraction of sp³-hybridized carbons (Fsp3) is 0.400. The number of benzene rings is 2. The van der Waals surface area contributed by atoms with Crippen molar-refractivity contribution in [2.24, 2.45) is 5.92 Å². The van der Waals surface area contributed by atoms with Crippen molar-refractivity contribution in [2.75, 3.05) is 13.7 Å².